The van der Waals surface area contributed by atoms with Gasteiger partial charge in [-0.25, -0.2) is 0 Å². The Morgan fingerprint density at radius 1 is 1.29 bits per heavy atom. The van der Waals surface area contributed by atoms with Crippen LogP contribution in [0, 0.1) is 0 Å². The van der Waals surface area contributed by atoms with E-state index in [0.29, 0.717) is 11.4 Å². The largest absolute Gasteiger partial charge is 0.435 e. The molecule has 0 unspecified atom stereocenters. The van der Waals surface area contributed by atoms with Crippen LogP contribution in [0.5, 0.6) is 0 Å². The molecule has 0 aliphatic heterocycles. The minimum absolute atomic E-state index is 0.154. The highest BCUT2D eigenvalue weighted by Crippen LogP contribution is 2.27. The highest BCUT2D eigenvalue weighted by molar-refractivity contribution is 5.37. The Hall–Kier alpha value is -2.05. The number of aromatic nitrogens is 3. The number of anilines is 1. The van der Waals surface area contributed by atoms with Crippen molar-refractivity contribution in [3.05, 3.63) is 42.0 Å². The van der Waals surface area contributed by atoms with Crippen LogP contribution < -0.4 is 5.73 Å². The molecular weight excluding hydrogens is 233 g/mol. The lowest BCUT2D eigenvalue weighted by molar-refractivity contribution is -0.141. The molecule has 7 heteroatoms. The van der Waals surface area contributed by atoms with Gasteiger partial charge in [-0.05, 0) is 18.2 Å². The molecule has 0 amide bonds. The molecule has 17 heavy (non-hydrogen) atoms. The molecule has 2 aromatic rings. The van der Waals surface area contributed by atoms with Crippen LogP contribution >= 0.6 is 0 Å². The van der Waals surface area contributed by atoms with Crippen LogP contribution in [0.1, 0.15) is 11.4 Å². The van der Waals surface area contributed by atoms with Gasteiger partial charge in [-0.15, -0.1) is 0 Å². The first-order valence-corrected chi connectivity index (χ1v) is 4.76. The molecule has 0 bridgehead atoms. The Kier molecular flexibility index (Phi) is 2.74. The van der Waals surface area contributed by atoms with Gasteiger partial charge in [0.15, 0.2) is 5.69 Å². The first kappa shape index (κ1) is 11.4. The van der Waals surface area contributed by atoms with Gasteiger partial charge in [-0.1, -0.05) is 0 Å². The molecule has 90 valence electrons. The normalized spacial score (nSPS) is 11.7. The fourth-order valence-corrected chi connectivity index (χ4v) is 1.35. The average Bonchev–Trinajstić information content (AvgIpc) is 2.65. The van der Waals surface area contributed by atoms with Gasteiger partial charge in [0.1, 0.15) is 0 Å². The van der Waals surface area contributed by atoms with Crippen LogP contribution in [-0.2, 0) is 12.7 Å². The Bertz CT molecular complexity index is 518. The maximum Gasteiger partial charge on any atom is 0.435 e. The lowest BCUT2D eigenvalue weighted by atomic mass is 10.3. The molecule has 2 rings (SSSR count). The minimum atomic E-state index is -4.42. The summed E-state index contributed by atoms with van der Waals surface area (Å²) >= 11 is 0. The van der Waals surface area contributed by atoms with Crippen LogP contribution in [0.3, 0.4) is 0 Å². The Morgan fingerprint density at radius 2 is 2.06 bits per heavy atom. The van der Waals surface area contributed by atoms with Gasteiger partial charge < -0.3 is 5.73 Å². The van der Waals surface area contributed by atoms with Gasteiger partial charge >= 0.3 is 6.18 Å². The van der Waals surface area contributed by atoms with E-state index in [0.717, 1.165) is 6.07 Å². The summed E-state index contributed by atoms with van der Waals surface area (Å²) in [6.07, 6.45) is -1.67. The van der Waals surface area contributed by atoms with Gasteiger partial charge in [0.2, 0.25) is 0 Å². The zero-order chi connectivity index (χ0) is 12.5. The molecular formula is C10H9F3N4. The van der Waals surface area contributed by atoms with E-state index in [1.165, 1.54) is 17.1 Å². The number of nitrogen functional groups attached to an aromatic ring is 1. The number of halogens is 3. The minimum Gasteiger partial charge on any atom is -0.399 e. The van der Waals surface area contributed by atoms with Crippen molar-refractivity contribution in [1.29, 1.82) is 0 Å². The second kappa shape index (κ2) is 4.08. The molecule has 0 atom stereocenters. The molecule has 4 nitrogen and oxygen atoms in total. The Morgan fingerprint density at radius 3 is 2.65 bits per heavy atom. The maximum absolute atomic E-state index is 12.3. The summed E-state index contributed by atoms with van der Waals surface area (Å²) in [4.78, 5) is 3.98. The number of pyridine rings is 1. The molecule has 0 saturated carbocycles. The van der Waals surface area contributed by atoms with Crippen molar-refractivity contribution in [1.82, 2.24) is 14.8 Å². The highest BCUT2D eigenvalue weighted by atomic mass is 19.4. The smallest absolute Gasteiger partial charge is 0.399 e. The van der Waals surface area contributed by atoms with E-state index >= 15 is 0 Å². The molecule has 0 aromatic carbocycles. The first-order valence-electron chi connectivity index (χ1n) is 4.76. The van der Waals surface area contributed by atoms with Crippen LogP contribution in [-0.4, -0.2) is 14.8 Å². The van der Waals surface area contributed by atoms with E-state index in [4.69, 9.17) is 5.73 Å². The Labute approximate surface area is 94.9 Å². The van der Waals surface area contributed by atoms with Gasteiger partial charge in [0.25, 0.3) is 0 Å². The third kappa shape index (κ3) is 2.74. The van der Waals surface area contributed by atoms with Crippen LogP contribution in [0.15, 0.2) is 30.6 Å². The van der Waals surface area contributed by atoms with Crippen molar-refractivity contribution >= 4 is 5.69 Å². The van der Waals surface area contributed by atoms with Gasteiger partial charge in [0.05, 0.1) is 12.2 Å². The molecule has 0 aliphatic carbocycles. The average molecular weight is 242 g/mol. The SMILES string of the molecule is Nc1ccnc(Cn2ccc(C(F)(F)F)n2)c1. The van der Waals surface area contributed by atoms with E-state index < -0.39 is 11.9 Å². The molecule has 0 spiro atoms. The second-order valence-electron chi connectivity index (χ2n) is 3.48. The molecule has 2 N–H and O–H groups in total. The summed E-state index contributed by atoms with van der Waals surface area (Å²) in [5, 5.41) is 3.42. The number of hydrogen-bond acceptors (Lipinski definition) is 3. The van der Waals surface area contributed by atoms with E-state index in [1.807, 2.05) is 0 Å². The van der Waals surface area contributed by atoms with Crippen LogP contribution in [0.25, 0.3) is 0 Å². The molecule has 0 radical (unpaired) electrons. The number of nitrogens with zero attached hydrogens (tertiary/aromatic N) is 3. The summed E-state index contributed by atoms with van der Waals surface area (Å²) in [6, 6.07) is 4.12. The third-order valence-corrected chi connectivity index (χ3v) is 2.10. The van der Waals surface area contributed by atoms with Crippen molar-refractivity contribution in [2.75, 3.05) is 5.73 Å². The fourth-order valence-electron chi connectivity index (χ4n) is 1.35. The molecule has 0 aliphatic rings. The van der Waals surface area contributed by atoms with Gasteiger partial charge in [0, 0.05) is 18.1 Å². The topological polar surface area (TPSA) is 56.7 Å². The zero-order valence-corrected chi connectivity index (χ0v) is 8.65. The lowest BCUT2D eigenvalue weighted by Crippen LogP contribution is -2.09. The molecule has 0 saturated heterocycles. The standard InChI is InChI=1S/C10H9F3N4/c11-10(12,13)9-2-4-17(16-9)6-8-5-7(14)1-3-15-8/h1-5H,6H2,(H2,14,15). The van der Waals surface area contributed by atoms with E-state index in [2.05, 4.69) is 10.1 Å². The van der Waals surface area contributed by atoms with E-state index in [-0.39, 0.29) is 6.54 Å². The molecule has 2 heterocycles. The van der Waals surface area contributed by atoms with Crippen LogP contribution in [0.4, 0.5) is 18.9 Å². The second-order valence-corrected chi connectivity index (χ2v) is 3.48. The van der Waals surface area contributed by atoms with Crippen molar-refractivity contribution in [2.24, 2.45) is 0 Å². The Balaban J connectivity index is 2.17. The van der Waals surface area contributed by atoms with E-state index in [1.54, 1.807) is 12.1 Å². The van der Waals surface area contributed by atoms with E-state index in [9.17, 15) is 13.2 Å². The summed E-state index contributed by atoms with van der Waals surface area (Å²) in [6.45, 7) is 0.154. The number of rotatable bonds is 2. The highest BCUT2D eigenvalue weighted by Gasteiger charge is 2.33. The van der Waals surface area contributed by atoms with Crippen LogP contribution in [0.2, 0.25) is 0 Å². The number of hydrogen-bond donors (Lipinski definition) is 1. The summed E-state index contributed by atoms with van der Waals surface area (Å²) in [5.41, 5.74) is 5.69. The quantitative estimate of drug-likeness (QED) is 0.875. The summed E-state index contributed by atoms with van der Waals surface area (Å²) in [5.74, 6) is 0. The number of nitrogens with two attached hydrogens (primary N) is 1. The van der Waals surface area contributed by atoms with Gasteiger partial charge in [-0.3, -0.25) is 9.67 Å². The van der Waals surface area contributed by atoms with Gasteiger partial charge in [-0.2, -0.15) is 18.3 Å². The number of alkyl halides is 3. The monoisotopic (exact) mass is 242 g/mol. The van der Waals surface area contributed by atoms with Crippen molar-refractivity contribution in [3.8, 4) is 0 Å². The molecule has 0 fully saturated rings. The lowest BCUT2D eigenvalue weighted by Gasteiger charge is -2.03. The third-order valence-electron chi connectivity index (χ3n) is 2.10. The predicted molar refractivity (Wildman–Crippen MR) is 55.0 cm³/mol. The summed E-state index contributed by atoms with van der Waals surface area (Å²) in [7, 11) is 0. The fraction of sp³-hybridized carbons (Fsp3) is 0.200. The van der Waals surface area contributed by atoms with Crippen molar-refractivity contribution < 1.29 is 13.2 Å². The van der Waals surface area contributed by atoms with Crippen molar-refractivity contribution in [3.63, 3.8) is 0 Å². The van der Waals surface area contributed by atoms with Crippen molar-refractivity contribution in [2.45, 2.75) is 12.7 Å². The first-order chi connectivity index (χ1) is 7.95. The maximum atomic E-state index is 12.3. The summed E-state index contributed by atoms with van der Waals surface area (Å²) < 4.78 is 38.0. The zero-order valence-electron chi connectivity index (χ0n) is 8.65. The molecule has 2 aromatic heterocycles. The predicted octanol–water partition coefficient (Wildman–Crippen LogP) is 1.93.